The molecule has 0 amide bonds. The van der Waals surface area contributed by atoms with Crippen LogP contribution in [0.4, 0.5) is 11.6 Å². The number of halogens is 1. The van der Waals surface area contributed by atoms with Crippen LogP contribution in [0.2, 0.25) is 0 Å². The van der Waals surface area contributed by atoms with Crippen LogP contribution < -0.4 is 10.1 Å². The van der Waals surface area contributed by atoms with Gasteiger partial charge in [0.15, 0.2) is 0 Å². The Balaban J connectivity index is 1.72. The van der Waals surface area contributed by atoms with E-state index in [1.54, 1.807) is 7.11 Å². The average Bonchev–Trinajstić information content (AvgIpc) is 2.63. The largest absolute Gasteiger partial charge is 0.497 e. The third-order valence-corrected chi connectivity index (χ3v) is 4.73. The molecule has 0 saturated heterocycles. The zero-order chi connectivity index (χ0) is 16.5. The molecular formula is C19H16BrN3O. The first kappa shape index (κ1) is 15.1. The summed E-state index contributed by atoms with van der Waals surface area (Å²) < 4.78 is 6.41. The first-order valence-corrected chi connectivity index (χ1v) is 8.58. The summed E-state index contributed by atoms with van der Waals surface area (Å²) in [6.07, 6.45) is 3.90. The number of rotatable bonds is 3. The molecule has 4 rings (SSSR count). The molecule has 0 radical (unpaired) electrons. The molecule has 1 aliphatic rings. The number of hydrogen-bond acceptors (Lipinski definition) is 4. The number of anilines is 2. The topological polar surface area (TPSA) is 47.0 Å². The monoisotopic (exact) mass is 381 g/mol. The van der Waals surface area contributed by atoms with Gasteiger partial charge in [0.2, 0.25) is 5.95 Å². The molecule has 2 aromatic carbocycles. The van der Waals surface area contributed by atoms with Crippen molar-refractivity contribution in [3.63, 3.8) is 0 Å². The van der Waals surface area contributed by atoms with Gasteiger partial charge < -0.3 is 10.1 Å². The number of fused-ring (bicyclic) bond motifs is 3. The van der Waals surface area contributed by atoms with Gasteiger partial charge >= 0.3 is 0 Å². The van der Waals surface area contributed by atoms with Crippen molar-refractivity contribution in [3.05, 3.63) is 64.3 Å². The lowest BCUT2D eigenvalue weighted by molar-refractivity contribution is 0.415. The van der Waals surface area contributed by atoms with E-state index in [4.69, 9.17) is 9.72 Å². The lowest BCUT2D eigenvalue weighted by Gasteiger charge is -2.20. The van der Waals surface area contributed by atoms with Crippen molar-refractivity contribution in [2.75, 3.05) is 12.4 Å². The number of aromatic nitrogens is 2. The average molecular weight is 382 g/mol. The van der Waals surface area contributed by atoms with Gasteiger partial charge in [-0.25, -0.2) is 9.97 Å². The molecule has 120 valence electrons. The maximum Gasteiger partial charge on any atom is 0.227 e. The highest BCUT2D eigenvalue weighted by Crippen LogP contribution is 2.35. The van der Waals surface area contributed by atoms with E-state index in [-0.39, 0.29) is 0 Å². The van der Waals surface area contributed by atoms with E-state index >= 15 is 0 Å². The van der Waals surface area contributed by atoms with Crippen molar-refractivity contribution >= 4 is 27.6 Å². The van der Waals surface area contributed by atoms with Gasteiger partial charge in [0.1, 0.15) is 5.75 Å². The fourth-order valence-corrected chi connectivity index (χ4v) is 3.20. The molecule has 0 aliphatic heterocycles. The van der Waals surface area contributed by atoms with Crippen LogP contribution in [0.5, 0.6) is 5.75 Å². The minimum absolute atomic E-state index is 0.603. The van der Waals surface area contributed by atoms with Crippen LogP contribution >= 0.6 is 15.9 Å². The Morgan fingerprint density at radius 3 is 2.62 bits per heavy atom. The summed E-state index contributed by atoms with van der Waals surface area (Å²) in [5, 5.41) is 3.27. The van der Waals surface area contributed by atoms with Crippen LogP contribution in [0, 0.1) is 0 Å². The summed E-state index contributed by atoms with van der Waals surface area (Å²) >= 11 is 3.44. The Morgan fingerprint density at radius 2 is 1.83 bits per heavy atom. The van der Waals surface area contributed by atoms with E-state index in [1.807, 2.05) is 36.5 Å². The summed E-state index contributed by atoms with van der Waals surface area (Å²) in [6, 6.07) is 14.1. The molecule has 1 aromatic heterocycles. The fraction of sp³-hybridized carbons (Fsp3) is 0.158. The Labute approximate surface area is 149 Å². The number of aryl methyl sites for hydroxylation is 2. The van der Waals surface area contributed by atoms with E-state index < -0.39 is 0 Å². The molecule has 1 N–H and O–H groups in total. The molecule has 0 fully saturated rings. The SMILES string of the molecule is COc1ccc2c(c1)-c1nc(Nc3ccc(Br)cc3)ncc1CC2. The lowest BCUT2D eigenvalue weighted by atomic mass is 9.90. The van der Waals surface area contributed by atoms with Crippen molar-refractivity contribution in [1.82, 2.24) is 9.97 Å². The number of methoxy groups -OCH3 is 1. The minimum Gasteiger partial charge on any atom is -0.497 e. The maximum absolute atomic E-state index is 5.37. The van der Waals surface area contributed by atoms with Crippen molar-refractivity contribution in [2.45, 2.75) is 12.8 Å². The van der Waals surface area contributed by atoms with Crippen molar-refractivity contribution in [3.8, 4) is 17.0 Å². The van der Waals surface area contributed by atoms with Crippen LogP contribution in [0.3, 0.4) is 0 Å². The normalized spacial score (nSPS) is 12.2. The quantitative estimate of drug-likeness (QED) is 0.710. The molecule has 1 heterocycles. The van der Waals surface area contributed by atoms with E-state index in [9.17, 15) is 0 Å². The highest BCUT2D eigenvalue weighted by Gasteiger charge is 2.19. The van der Waals surface area contributed by atoms with Gasteiger partial charge in [0, 0.05) is 21.9 Å². The molecular weight excluding hydrogens is 366 g/mol. The second-order valence-electron chi connectivity index (χ2n) is 5.72. The standard InChI is InChI=1S/C19H16BrN3O/c1-24-16-9-4-12-2-3-13-11-21-19(23-18(13)17(12)10-16)22-15-7-5-14(20)6-8-15/h4-11H,2-3H2,1H3,(H,21,22,23). The summed E-state index contributed by atoms with van der Waals surface area (Å²) in [6.45, 7) is 0. The maximum atomic E-state index is 5.37. The van der Waals surface area contributed by atoms with Gasteiger partial charge in [0.25, 0.3) is 0 Å². The number of benzene rings is 2. The Bertz CT molecular complexity index is 894. The Morgan fingerprint density at radius 1 is 1.04 bits per heavy atom. The second-order valence-corrected chi connectivity index (χ2v) is 6.64. The number of ether oxygens (including phenoxy) is 1. The molecule has 0 atom stereocenters. The fourth-order valence-electron chi connectivity index (χ4n) is 2.94. The minimum atomic E-state index is 0.603. The molecule has 24 heavy (non-hydrogen) atoms. The van der Waals surface area contributed by atoms with Crippen molar-refractivity contribution in [2.24, 2.45) is 0 Å². The third kappa shape index (κ3) is 2.87. The molecule has 1 aliphatic carbocycles. The lowest BCUT2D eigenvalue weighted by Crippen LogP contribution is -2.08. The van der Waals surface area contributed by atoms with Crippen LogP contribution in [0.15, 0.2) is 53.1 Å². The molecule has 0 spiro atoms. The van der Waals surface area contributed by atoms with Gasteiger partial charge in [-0.2, -0.15) is 0 Å². The summed E-state index contributed by atoms with van der Waals surface area (Å²) in [4.78, 5) is 9.22. The van der Waals surface area contributed by atoms with E-state index in [2.05, 4.69) is 38.4 Å². The second kappa shape index (κ2) is 6.24. The van der Waals surface area contributed by atoms with Crippen LogP contribution in [-0.2, 0) is 12.8 Å². The van der Waals surface area contributed by atoms with Crippen LogP contribution in [-0.4, -0.2) is 17.1 Å². The molecule has 0 saturated carbocycles. The summed E-state index contributed by atoms with van der Waals surface area (Å²) in [5.41, 5.74) is 5.56. The number of hydrogen-bond donors (Lipinski definition) is 1. The Kier molecular flexibility index (Phi) is 3.94. The van der Waals surface area contributed by atoms with Gasteiger partial charge in [-0.3, -0.25) is 0 Å². The van der Waals surface area contributed by atoms with E-state index in [0.29, 0.717) is 5.95 Å². The van der Waals surface area contributed by atoms with Gasteiger partial charge in [0.05, 0.1) is 12.8 Å². The highest BCUT2D eigenvalue weighted by molar-refractivity contribution is 9.10. The van der Waals surface area contributed by atoms with Crippen molar-refractivity contribution < 1.29 is 4.74 Å². The van der Waals surface area contributed by atoms with Gasteiger partial charge in [-0.1, -0.05) is 22.0 Å². The zero-order valence-electron chi connectivity index (χ0n) is 13.2. The number of nitrogens with zero attached hydrogens (tertiary/aromatic N) is 2. The predicted octanol–water partition coefficient (Wildman–Crippen LogP) is 4.76. The third-order valence-electron chi connectivity index (χ3n) is 4.20. The highest BCUT2D eigenvalue weighted by atomic mass is 79.9. The molecule has 0 unspecified atom stereocenters. The van der Waals surface area contributed by atoms with Crippen LogP contribution in [0.1, 0.15) is 11.1 Å². The number of nitrogens with one attached hydrogen (secondary N) is 1. The zero-order valence-corrected chi connectivity index (χ0v) is 14.8. The van der Waals surface area contributed by atoms with Gasteiger partial charge in [-0.15, -0.1) is 0 Å². The van der Waals surface area contributed by atoms with E-state index in [0.717, 1.165) is 40.0 Å². The van der Waals surface area contributed by atoms with Crippen molar-refractivity contribution in [1.29, 1.82) is 0 Å². The van der Waals surface area contributed by atoms with E-state index in [1.165, 1.54) is 11.1 Å². The van der Waals surface area contributed by atoms with Crippen LogP contribution in [0.25, 0.3) is 11.3 Å². The summed E-state index contributed by atoms with van der Waals surface area (Å²) in [5.74, 6) is 1.45. The Hall–Kier alpha value is -2.40. The molecule has 4 nitrogen and oxygen atoms in total. The smallest absolute Gasteiger partial charge is 0.227 e. The summed E-state index contributed by atoms with van der Waals surface area (Å²) in [7, 11) is 1.69. The first-order chi connectivity index (χ1) is 11.7. The molecule has 0 bridgehead atoms. The molecule has 5 heteroatoms. The first-order valence-electron chi connectivity index (χ1n) is 7.79. The van der Waals surface area contributed by atoms with Gasteiger partial charge in [-0.05, 0) is 60.4 Å². The molecule has 3 aromatic rings. The predicted molar refractivity (Wildman–Crippen MR) is 98.9 cm³/mol.